The maximum atomic E-state index is 6.43. The monoisotopic (exact) mass is 553 g/mol. The van der Waals surface area contributed by atoms with E-state index in [9.17, 15) is 0 Å². The van der Waals surface area contributed by atoms with E-state index < -0.39 is 36.6 Å². The molecule has 216 valence electrons. The summed E-state index contributed by atoms with van der Waals surface area (Å²) in [7, 11) is -0.822. The quantitative estimate of drug-likeness (QED) is 0.333. The van der Waals surface area contributed by atoms with E-state index in [-0.39, 0.29) is 5.41 Å². The average molecular weight is 553 g/mol. The standard InChI is InChI=1S/C34H45B2NO4/c1-11-13-20-29(12-2)37-23-34(24-37,25-16-14-18-27(21-25)35-38-30(3,4)31(5,6)39-35)26-17-15-19-28(22-26)36-40-32(7,8)33(9,10)41-36/h11-22H,1,23-24H2,2-10H3. The summed E-state index contributed by atoms with van der Waals surface area (Å²) in [5.74, 6) is 0. The Morgan fingerprint density at radius 1 is 0.732 bits per heavy atom. The molecule has 2 aromatic rings. The Morgan fingerprint density at radius 2 is 1.15 bits per heavy atom. The van der Waals surface area contributed by atoms with Crippen LogP contribution in [-0.4, -0.2) is 54.6 Å². The van der Waals surface area contributed by atoms with Gasteiger partial charge in [0.2, 0.25) is 0 Å². The van der Waals surface area contributed by atoms with Gasteiger partial charge in [0, 0.05) is 18.8 Å². The largest absolute Gasteiger partial charge is 0.494 e. The van der Waals surface area contributed by atoms with Crippen molar-refractivity contribution in [3.63, 3.8) is 0 Å². The molecule has 41 heavy (non-hydrogen) atoms. The molecule has 7 heteroatoms. The van der Waals surface area contributed by atoms with Crippen LogP contribution in [0.2, 0.25) is 0 Å². The molecule has 3 aliphatic heterocycles. The van der Waals surface area contributed by atoms with Gasteiger partial charge in [-0.3, -0.25) is 0 Å². The van der Waals surface area contributed by atoms with Crippen molar-refractivity contribution in [2.75, 3.05) is 13.1 Å². The second-order valence-electron chi connectivity index (χ2n) is 13.7. The SMILES string of the molecule is C=CC=CC(=CC)N1CC(c2cccc(B3OC(C)(C)C(C)(C)O3)c2)(c2cccc(B3OC(C)(C)C(C)(C)O3)c2)C1. The van der Waals surface area contributed by atoms with Crippen LogP contribution in [0.5, 0.6) is 0 Å². The van der Waals surface area contributed by atoms with Crippen LogP contribution in [0, 0.1) is 0 Å². The highest BCUT2D eigenvalue weighted by atomic mass is 16.7. The molecule has 0 amide bonds. The smallest absolute Gasteiger partial charge is 0.399 e. The Morgan fingerprint density at radius 3 is 1.51 bits per heavy atom. The molecule has 0 spiro atoms. The van der Waals surface area contributed by atoms with Gasteiger partial charge in [0.25, 0.3) is 0 Å². The third-order valence-corrected chi connectivity index (χ3v) is 9.91. The summed E-state index contributed by atoms with van der Waals surface area (Å²) < 4.78 is 25.7. The Labute approximate surface area is 247 Å². The van der Waals surface area contributed by atoms with Crippen LogP contribution < -0.4 is 10.9 Å². The van der Waals surface area contributed by atoms with Crippen LogP contribution in [0.25, 0.3) is 0 Å². The van der Waals surface area contributed by atoms with E-state index in [0.29, 0.717) is 0 Å². The van der Waals surface area contributed by atoms with Gasteiger partial charge in [-0.1, -0.05) is 73.3 Å². The maximum Gasteiger partial charge on any atom is 0.494 e. The number of hydrogen-bond acceptors (Lipinski definition) is 5. The van der Waals surface area contributed by atoms with Crippen molar-refractivity contribution in [2.45, 2.75) is 90.1 Å². The molecular weight excluding hydrogens is 508 g/mol. The topological polar surface area (TPSA) is 40.2 Å². The van der Waals surface area contributed by atoms with Crippen LogP contribution in [-0.2, 0) is 24.0 Å². The Hall–Kier alpha value is -2.57. The molecule has 0 atom stereocenters. The van der Waals surface area contributed by atoms with E-state index in [1.54, 1.807) is 0 Å². The molecule has 0 radical (unpaired) electrons. The van der Waals surface area contributed by atoms with E-state index in [2.05, 4.69) is 134 Å². The zero-order chi connectivity index (χ0) is 29.8. The first-order valence-electron chi connectivity index (χ1n) is 14.8. The highest BCUT2D eigenvalue weighted by Gasteiger charge is 2.54. The van der Waals surface area contributed by atoms with Crippen LogP contribution in [0.1, 0.15) is 73.4 Å². The lowest BCUT2D eigenvalue weighted by Crippen LogP contribution is -2.59. The fourth-order valence-electron chi connectivity index (χ4n) is 5.79. The predicted octanol–water partition coefficient (Wildman–Crippen LogP) is 5.53. The zero-order valence-corrected chi connectivity index (χ0v) is 26.3. The zero-order valence-electron chi connectivity index (χ0n) is 26.3. The molecule has 3 fully saturated rings. The Kier molecular flexibility index (Phi) is 7.52. The predicted molar refractivity (Wildman–Crippen MR) is 170 cm³/mol. The minimum Gasteiger partial charge on any atom is -0.399 e. The van der Waals surface area contributed by atoms with Gasteiger partial charge in [0.15, 0.2) is 0 Å². The molecule has 0 saturated carbocycles. The minimum absolute atomic E-state index is 0.227. The summed E-state index contributed by atoms with van der Waals surface area (Å²) in [6, 6.07) is 17.5. The molecule has 0 N–H and O–H groups in total. The summed E-state index contributed by atoms with van der Waals surface area (Å²) in [4.78, 5) is 2.42. The van der Waals surface area contributed by atoms with E-state index in [1.807, 2.05) is 12.2 Å². The maximum absolute atomic E-state index is 6.43. The number of nitrogens with zero attached hydrogens (tertiary/aromatic N) is 1. The fraction of sp³-hybridized carbons (Fsp3) is 0.471. The van der Waals surface area contributed by atoms with Gasteiger partial charge in [-0.05, 0) is 90.4 Å². The van der Waals surface area contributed by atoms with E-state index in [0.717, 1.165) is 24.0 Å². The first kappa shape index (κ1) is 29.9. The highest BCUT2D eigenvalue weighted by Crippen LogP contribution is 2.44. The van der Waals surface area contributed by atoms with Gasteiger partial charge in [-0.15, -0.1) is 0 Å². The lowest BCUT2D eigenvalue weighted by molar-refractivity contribution is 0.00578. The second-order valence-corrected chi connectivity index (χ2v) is 13.7. The van der Waals surface area contributed by atoms with Gasteiger partial charge < -0.3 is 23.5 Å². The summed E-state index contributed by atoms with van der Waals surface area (Å²) in [5.41, 5.74) is 3.95. The molecule has 3 aliphatic rings. The average Bonchev–Trinajstić information content (AvgIpc) is 3.25. The molecule has 0 unspecified atom stereocenters. The van der Waals surface area contributed by atoms with E-state index in [1.165, 1.54) is 16.8 Å². The van der Waals surface area contributed by atoms with Crippen molar-refractivity contribution in [3.05, 3.63) is 96.2 Å². The summed E-state index contributed by atoms with van der Waals surface area (Å²) in [6.07, 6.45) is 8.09. The van der Waals surface area contributed by atoms with Crippen molar-refractivity contribution >= 4 is 25.2 Å². The van der Waals surface area contributed by atoms with Crippen molar-refractivity contribution < 1.29 is 18.6 Å². The molecule has 5 nitrogen and oxygen atoms in total. The van der Waals surface area contributed by atoms with Gasteiger partial charge >= 0.3 is 14.2 Å². The molecule has 2 aromatic carbocycles. The van der Waals surface area contributed by atoms with Crippen molar-refractivity contribution in [1.29, 1.82) is 0 Å². The molecule has 3 saturated heterocycles. The van der Waals surface area contributed by atoms with Gasteiger partial charge in [0.05, 0.1) is 27.8 Å². The van der Waals surface area contributed by atoms with Gasteiger partial charge in [-0.2, -0.15) is 0 Å². The first-order chi connectivity index (χ1) is 19.1. The number of benzene rings is 2. The molecule has 0 bridgehead atoms. The summed E-state index contributed by atoms with van der Waals surface area (Å²) >= 11 is 0. The Balaban J connectivity index is 1.53. The van der Waals surface area contributed by atoms with Crippen LogP contribution in [0.15, 0.2) is 85.1 Å². The number of allylic oxidation sites excluding steroid dienone is 4. The van der Waals surface area contributed by atoms with Gasteiger partial charge in [-0.25, -0.2) is 0 Å². The molecular formula is C34H45B2NO4. The third kappa shape index (κ3) is 5.16. The number of rotatable bonds is 7. The highest BCUT2D eigenvalue weighted by molar-refractivity contribution is 6.62. The minimum atomic E-state index is -0.411. The molecule has 0 aromatic heterocycles. The van der Waals surface area contributed by atoms with E-state index >= 15 is 0 Å². The van der Waals surface area contributed by atoms with Gasteiger partial charge in [0.1, 0.15) is 0 Å². The van der Waals surface area contributed by atoms with Crippen molar-refractivity contribution in [2.24, 2.45) is 0 Å². The molecule has 3 heterocycles. The van der Waals surface area contributed by atoms with Crippen LogP contribution in [0.4, 0.5) is 0 Å². The lowest BCUT2D eigenvalue weighted by Gasteiger charge is -2.53. The molecule has 5 rings (SSSR count). The second kappa shape index (κ2) is 10.3. The number of likely N-dealkylation sites (tertiary alicyclic amines) is 1. The fourth-order valence-corrected chi connectivity index (χ4v) is 5.79. The lowest BCUT2D eigenvalue weighted by atomic mass is 9.65. The van der Waals surface area contributed by atoms with Crippen LogP contribution >= 0.6 is 0 Å². The number of hydrogen-bond donors (Lipinski definition) is 0. The van der Waals surface area contributed by atoms with Crippen molar-refractivity contribution in [1.82, 2.24) is 4.90 Å². The van der Waals surface area contributed by atoms with Crippen LogP contribution in [0.3, 0.4) is 0 Å². The molecule has 0 aliphatic carbocycles. The Bertz CT molecular complexity index is 1260. The normalized spacial score (nSPS) is 24.1. The summed E-state index contributed by atoms with van der Waals surface area (Å²) in [5, 5.41) is 0. The first-order valence-corrected chi connectivity index (χ1v) is 14.8. The van der Waals surface area contributed by atoms with Crippen molar-refractivity contribution in [3.8, 4) is 0 Å². The third-order valence-electron chi connectivity index (χ3n) is 9.91. The van der Waals surface area contributed by atoms with E-state index in [4.69, 9.17) is 18.6 Å². The summed E-state index contributed by atoms with van der Waals surface area (Å²) in [6.45, 7) is 24.4.